The quantitative estimate of drug-likeness (QED) is 0.766. The van der Waals surface area contributed by atoms with Gasteiger partial charge in [-0.2, -0.15) is 0 Å². The summed E-state index contributed by atoms with van der Waals surface area (Å²) in [6, 6.07) is 3.49. The molecule has 0 spiro atoms. The summed E-state index contributed by atoms with van der Waals surface area (Å²) in [5.74, 6) is -1.51. The first-order valence-electron chi connectivity index (χ1n) is 6.57. The second-order valence-corrected chi connectivity index (χ2v) is 5.21. The molecule has 0 amide bonds. The van der Waals surface area contributed by atoms with E-state index in [-0.39, 0.29) is 12.1 Å². The fourth-order valence-electron chi connectivity index (χ4n) is 2.58. The van der Waals surface area contributed by atoms with Gasteiger partial charge in [-0.15, -0.1) is 0 Å². The predicted octanol–water partition coefficient (Wildman–Crippen LogP) is 1.89. The molecule has 1 unspecified atom stereocenters. The average Bonchev–Trinajstić information content (AvgIpc) is 2.76. The zero-order valence-electron chi connectivity index (χ0n) is 10.7. The first-order valence-corrected chi connectivity index (χ1v) is 6.57. The SMILES string of the molecule is OC(CNCC1(O)CCCC1)c1c(F)cccc1F. The first-order chi connectivity index (χ1) is 9.02. The van der Waals surface area contributed by atoms with Crippen LogP contribution >= 0.6 is 0 Å². The minimum Gasteiger partial charge on any atom is -0.389 e. The maximum Gasteiger partial charge on any atom is 0.131 e. The fourth-order valence-corrected chi connectivity index (χ4v) is 2.58. The summed E-state index contributed by atoms with van der Waals surface area (Å²) in [4.78, 5) is 0. The monoisotopic (exact) mass is 271 g/mol. The van der Waals surface area contributed by atoms with Crippen LogP contribution in [0.2, 0.25) is 0 Å². The van der Waals surface area contributed by atoms with Crippen LogP contribution in [0, 0.1) is 11.6 Å². The number of halogens is 2. The Morgan fingerprint density at radius 1 is 1.21 bits per heavy atom. The third-order valence-electron chi connectivity index (χ3n) is 3.66. The number of rotatable bonds is 5. The first kappa shape index (κ1) is 14.4. The lowest BCUT2D eigenvalue weighted by molar-refractivity contribution is 0.0436. The Morgan fingerprint density at radius 3 is 2.37 bits per heavy atom. The molecule has 1 aliphatic rings. The standard InChI is InChI=1S/C14H19F2NO2/c15-10-4-3-5-11(16)13(10)12(18)8-17-9-14(19)6-1-2-7-14/h3-5,12,17-19H,1-2,6-9H2. The smallest absolute Gasteiger partial charge is 0.131 e. The van der Waals surface area contributed by atoms with Crippen molar-refractivity contribution in [1.29, 1.82) is 0 Å². The molecule has 1 aromatic rings. The van der Waals surface area contributed by atoms with Crippen LogP contribution in [0.4, 0.5) is 8.78 Å². The van der Waals surface area contributed by atoms with E-state index < -0.39 is 23.3 Å². The molecule has 1 aliphatic carbocycles. The molecule has 3 nitrogen and oxygen atoms in total. The lowest BCUT2D eigenvalue weighted by atomic mass is 10.0. The van der Waals surface area contributed by atoms with Crippen LogP contribution in [0.1, 0.15) is 37.4 Å². The van der Waals surface area contributed by atoms with E-state index in [2.05, 4.69) is 5.32 Å². The molecule has 1 aromatic carbocycles. The van der Waals surface area contributed by atoms with E-state index in [1.807, 2.05) is 0 Å². The van der Waals surface area contributed by atoms with Crippen molar-refractivity contribution in [3.05, 3.63) is 35.4 Å². The highest BCUT2D eigenvalue weighted by molar-refractivity contribution is 5.22. The summed E-state index contributed by atoms with van der Waals surface area (Å²) in [5.41, 5.74) is -1.07. The minimum atomic E-state index is -1.26. The van der Waals surface area contributed by atoms with Crippen molar-refractivity contribution < 1.29 is 19.0 Å². The Hall–Kier alpha value is -1.04. The molecule has 19 heavy (non-hydrogen) atoms. The molecule has 0 bridgehead atoms. The van der Waals surface area contributed by atoms with Gasteiger partial charge in [0.05, 0.1) is 17.3 Å². The second-order valence-electron chi connectivity index (χ2n) is 5.21. The van der Waals surface area contributed by atoms with Crippen LogP contribution in [0.5, 0.6) is 0 Å². The number of aliphatic hydroxyl groups is 2. The highest BCUT2D eigenvalue weighted by atomic mass is 19.1. The maximum atomic E-state index is 13.4. The molecule has 106 valence electrons. The largest absolute Gasteiger partial charge is 0.389 e. The van der Waals surface area contributed by atoms with Gasteiger partial charge in [-0.1, -0.05) is 18.9 Å². The number of benzene rings is 1. The molecular weight excluding hydrogens is 252 g/mol. The lowest BCUT2D eigenvalue weighted by Crippen LogP contribution is -2.39. The van der Waals surface area contributed by atoms with Gasteiger partial charge in [0.15, 0.2) is 0 Å². The fraction of sp³-hybridized carbons (Fsp3) is 0.571. The van der Waals surface area contributed by atoms with Crippen molar-refractivity contribution in [2.75, 3.05) is 13.1 Å². The molecule has 0 radical (unpaired) electrons. The third kappa shape index (κ3) is 3.49. The summed E-state index contributed by atoms with van der Waals surface area (Å²) in [6.45, 7) is 0.348. The summed E-state index contributed by atoms with van der Waals surface area (Å²) in [5, 5.41) is 22.8. The van der Waals surface area contributed by atoms with E-state index >= 15 is 0 Å². The van der Waals surface area contributed by atoms with Crippen molar-refractivity contribution >= 4 is 0 Å². The molecular formula is C14H19F2NO2. The van der Waals surface area contributed by atoms with Gasteiger partial charge in [0.25, 0.3) is 0 Å². The van der Waals surface area contributed by atoms with Crippen LogP contribution in [-0.2, 0) is 0 Å². The number of hydrogen-bond acceptors (Lipinski definition) is 3. The molecule has 0 aromatic heterocycles. The van der Waals surface area contributed by atoms with Gasteiger partial charge >= 0.3 is 0 Å². The molecule has 0 saturated heterocycles. The van der Waals surface area contributed by atoms with Crippen molar-refractivity contribution in [1.82, 2.24) is 5.32 Å². The summed E-state index contributed by atoms with van der Waals surface area (Å²) in [6.07, 6.45) is 2.17. The lowest BCUT2D eigenvalue weighted by Gasteiger charge is -2.23. The second kappa shape index (κ2) is 5.94. The zero-order valence-corrected chi connectivity index (χ0v) is 10.7. The predicted molar refractivity (Wildman–Crippen MR) is 67.6 cm³/mol. The van der Waals surface area contributed by atoms with Crippen LogP contribution < -0.4 is 5.32 Å². The van der Waals surface area contributed by atoms with Gasteiger partial charge < -0.3 is 15.5 Å². The topological polar surface area (TPSA) is 52.5 Å². The third-order valence-corrected chi connectivity index (χ3v) is 3.66. The molecule has 3 N–H and O–H groups in total. The molecule has 1 atom stereocenters. The van der Waals surface area contributed by atoms with Gasteiger partial charge in [-0.05, 0) is 25.0 Å². The van der Waals surface area contributed by atoms with E-state index in [9.17, 15) is 19.0 Å². The normalized spacial score (nSPS) is 19.6. The molecule has 0 aliphatic heterocycles. The van der Waals surface area contributed by atoms with Crippen LogP contribution in [0.25, 0.3) is 0 Å². The Labute approximate surface area is 111 Å². The van der Waals surface area contributed by atoms with Crippen molar-refractivity contribution in [2.24, 2.45) is 0 Å². The van der Waals surface area contributed by atoms with E-state index in [1.165, 1.54) is 6.07 Å². The maximum absolute atomic E-state index is 13.4. The molecule has 2 rings (SSSR count). The Kier molecular flexibility index (Phi) is 4.50. The molecule has 1 fully saturated rings. The Bertz CT molecular complexity index is 413. The molecule has 1 saturated carbocycles. The van der Waals surface area contributed by atoms with Gasteiger partial charge in [0.1, 0.15) is 11.6 Å². The molecule has 0 heterocycles. The summed E-state index contributed by atoms with van der Waals surface area (Å²) >= 11 is 0. The van der Waals surface area contributed by atoms with Crippen LogP contribution in [0.15, 0.2) is 18.2 Å². The zero-order chi connectivity index (χ0) is 13.9. The highest BCUT2D eigenvalue weighted by Gasteiger charge is 2.30. The average molecular weight is 271 g/mol. The van der Waals surface area contributed by atoms with Crippen LogP contribution in [-0.4, -0.2) is 28.9 Å². The van der Waals surface area contributed by atoms with Gasteiger partial charge in [0.2, 0.25) is 0 Å². The van der Waals surface area contributed by atoms with E-state index in [4.69, 9.17) is 0 Å². The summed E-state index contributed by atoms with van der Waals surface area (Å²) in [7, 11) is 0. The Balaban J connectivity index is 1.89. The Morgan fingerprint density at radius 2 is 1.79 bits per heavy atom. The van der Waals surface area contributed by atoms with Crippen molar-refractivity contribution in [3.8, 4) is 0 Å². The van der Waals surface area contributed by atoms with E-state index in [0.29, 0.717) is 6.54 Å². The van der Waals surface area contributed by atoms with Crippen molar-refractivity contribution in [2.45, 2.75) is 37.4 Å². The number of hydrogen-bond donors (Lipinski definition) is 3. The number of aliphatic hydroxyl groups excluding tert-OH is 1. The van der Waals surface area contributed by atoms with Crippen LogP contribution in [0.3, 0.4) is 0 Å². The minimum absolute atomic E-state index is 0.0141. The summed E-state index contributed by atoms with van der Waals surface area (Å²) < 4.78 is 26.9. The van der Waals surface area contributed by atoms with E-state index in [1.54, 1.807) is 0 Å². The van der Waals surface area contributed by atoms with Crippen molar-refractivity contribution in [3.63, 3.8) is 0 Å². The molecule has 5 heteroatoms. The van der Waals surface area contributed by atoms with Gasteiger partial charge in [-0.25, -0.2) is 8.78 Å². The van der Waals surface area contributed by atoms with Gasteiger partial charge in [-0.3, -0.25) is 0 Å². The highest BCUT2D eigenvalue weighted by Crippen LogP contribution is 2.28. The van der Waals surface area contributed by atoms with Gasteiger partial charge in [0, 0.05) is 13.1 Å². The van der Waals surface area contributed by atoms with E-state index in [0.717, 1.165) is 37.8 Å². The number of nitrogens with one attached hydrogen (secondary N) is 1.